The molecule has 50 heavy (non-hydrogen) atoms. The van der Waals surface area contributed by atoms with Crippen molar-refractivity contribution in [1.82, 2.24) is 0 Å². The van der Waals surface area contributed by atoms with E-state index in [0.29, 0.717) is 5.75 Å². The third-order valence-electron chi connectivity index (χ3n) is 8.78. The molecule has 0 aliphatic carbocycles. The first-order valence-corrected chi connectivity index (χ1v) is 16.9. The van der Waals surface area contributed by atoms with Gasteiger partial charge in [-0.05, 0) is 50.1 Å². The van der Waals surface area contributed by atoms with Gasteiger partial charge in [0.05, 0.1) is 45.2 Å². The average molecular weight is 691 g/mol. The highest BCUT2D eigenvalue weighted by Crippen LogP contribution is 2.37. The van der Waals surface area contributed by atoms with Crippen molar-refractivity contribution in [1.29, 1.82) is 0 Å². The number of benzene rings is 3. The molecule has 0 spiro atoms. The van der Waals surface area contributed by atoms with Crippen LogP contribution in [0, 0.1) is 5.41 Å². The number of aliphatic hydroxyl groups is 1. The van der Waals surface area contributed by atoms with E-state index in [9.17, 15) is 9.90 Å². The lowest BCUT2D eigenvalue weighted by molar-refractivity contribution is -0.345. The molecule has 0 aromatic heterocycles. The Morgan fingerprint density at radius 2 is 1.48 bits per heavy atom. The average Bonchev–Trinajstić information content (AvgIpc) is 3.14. The lowest BCUT2D eigenvalue weighted by atomic mass is 9.95. The van der Waals surface area contributed by atoms with Crippen molar-refractivity contribution in [3.63, 3.8) is 0 Å². The minimum atomic E-state index is -1.17. The molecule has 3 aliphatic heterocycles. The Kier molecular flexibility index (Phi) is 11.9. The van der Waals surface area contributed by atoms with Crippen LogP contribution in [0.5, 0.6) is 5.75 Å². The summed E-state index contributed by atoms with van der Waals surface area (Å²) in [5, 5.41) is 10.7. The number of esters is 1. The molecule has 2 fully saturated rings. The monoisotopic (exact) mass is 690 g/mol. The van der Waals surface area contributed by atoms with E-state index in [1.54, 1.807) is 40.2 Å². The summed E-state index contributed by atoms with van der Waals surface area (Å²) in [6.45, 7) is 5.58. The lowest BCUT2D eigenvalue weighted by Gasteiger charge is -2.47. The van der Waals surface area contributed by atoms with E-state index in [0.717, 1.165) is 16.7 Å². The molecule has 11 heteroatoms. The summed E-state index contributed by atoms with van der Waals surface area (Å²) in [5.41, 5.74) is 1.79. The molecule has 0 radical (unpaired) electrons. The number of hydrogen-bond acceptors (Lipinski definition) is 11. The summed E-state index contributed by atoms with van der Waals surface area (Å²) in [7, 11) is 1.61. The quantitative estimate of drug-likeness (QED) is 0.251. The number of aliphatic hydroxyl groups excluding tert-OH is 1. The third kappa shape index (κ3) is 8.73. The first kappa shape index (κ1) is 36.0. The summed E-state index contributed by atoms with van der Waals surface area (Å²) >= 11 is 0. The number of fused-ring (bicyclic) bond motifs is 1. The van der Waals surface area contributed by atoms with E-state index in [-0.39, 0.29) is 19.8 Å². The van der Waals surface area contributed by atoms with Crippen molar-refractivity contribution < 1.29 is 52.5 Å². The van der Waals surface area contributed by atoms with Crippen LogP contribution >= 0.6 is 0 Å². The molecule has 1 N–H and O–H groups in total. The van der Waals surface area contributed by atoms with Gasteiger partial charge >= 0.3 is 5.97 Å². The highest BCUT2D eigenvalue weighted by molar-refractivity contribution is 5.75. The normalized spacial score (nSPS) is 29.4. The molecular formula is C39H46O11. The van der Waals surface area contributed by atoms with Gasteiger partial charge in [-0.1, -0.05) is 72.8 Å². The van der Waals surface area contributed by atoms with Gasteiger partial charge in [0.15, 0.2) is 24.8 Å². The molecule has 0 bridgehead atoms. The zero-order valence-electron chi connectivity index (χ0n) is 28.8. The van der Waals surface area contributed by atoms with Crippen molar-refractivity contribution in [2.45, 2.75) is 89.3 Å². The SMILES string of the molecule is COc1ccc(C2OC[C@H]3OC=C[C@@H](O[C@@H]4O[C@H](CO)[C@@H](OCc5ccccc5)[C@H](OCc5ccccc5)[C@H]4OC(=O)C(C)(C)C)[C@@H]3O2)cc1. The topological polar surface area (TPSA) is 120 Å². The number of carbonyl (C=O) groups is 1. The second kappa shape index (κ2) is 16.5. The Labute approximate surface area is 292 Å². The fraction of sp³-hybridized carbons (Fsp3) is 0.462. The second-order valence-electron chi connectivity index (χ2n) is 13.5. The molecule has 3 aromatic carbocycles. The number of methoxy groups -OCH3 is 1. The summed E-state index contributed by atoms with van der Waals surface area (Å²) in [6.07, 6.45) is -4.03. The zero-order valence-corrected chi connectivity index (χ0v) is 28.8. The van der Waals surface area contributed by atoms with E-state index in [4.69, 9.17) is 42.6 Å². The van der Waals surface area contributed by atoms with Crippen molar-refractivity contribution in [2.24, 2.45) is 5.41 Å². The van der Waals surface area contributed by atoms with Gasteiger partial charge in [-0.2, -0.15) is 0 Å². The molecule has 2 saturated heterocycles. The highest BCUT2D eigenvalue weighted by Gasteiger charge is 2.53. The predicted molar refractivity (Wildman–Crippen MR) is 181 cm³/mol. The van der Waals surface area contributed by atoms with Crippen LogP contribution in [0.4, 0.5) is 0 Å². The third-order valence-corrected chi connectivity index (χ3v) is 8.78. The van der Waals surface area contributed by atoms with Gasteiger partial charge in [-0.3, -0.25) is 4.79 Å². The number of carbonyl (C=O) groups excluding carboxylic acids is 1. The maximum absolute atomic E-state index is 13.5. The Morgan fingerprint density at radius 1 is 0.840 bits per heavy atom. The Hall–Kier alpha value is -3.81. The van der Waals surface area contributed by atoms with Gasteiger partial charge in [-0.25, -0.2) is 0 Å². The van der Waals surface area contributed by atoms with Gasteiger partial charge in [0.1, 0.15) is 36.3 Å². The van der Waals surface area contributed by atoms with Crippen LogP contribution in [0.15, 0.2) is 97.3 Å². The maximum Gasteiger partial charge on any atom is 0.311 e. The van der Waals surface area contributed by atoms with Crippen molar-refractivity contribution in [3.05, 3.63) is 114 Å². The Balaban J connectivity index is 1.29. The van der Waals surface area contributed by atoms with E-state index >= 15 is 0 Å². The van der Waals surface area contributed by atoms with Crippen molar-refractivity contribution >= 4 is 5.97 Å². The molecule has 11 nitrogen and oxygen atoms in total. The molecule has 268 valence electrons. The first-order valence-electron chi connectivity index (χ1n) is 16.9. The molecule has 6 rings (SSSR count). The first-order chi connectivity index (χ1) is 24.2. The minimum absolute atomic E-state index is 0.191. The Bertz CT molecular complexity index is 1530. The van der Waals surface area contributed by atoms with E-state index in [1.807, 2.05) is 84.9 Å². The smallest absolute Gasteiger partial charge is 0.311 e. The number of ether oxygens (including phenoxy) is 9. The molecular weight excluding hydrogens is 644 g/mol. The fourth-order valence-corrected chi connectivity index (χ4v) is 5.98. The Morgan fingerprint density at radius 3 is 2.08 bits per heavy atom. The van der Waals surface area contributed by atoms with Gasteiger partial charge in [0.25, 0.3) is 0 Å². The van der Waals surface area contributed by atoms with Gasteiger partial charge in [-0.15, -0.1) is 0 Å². The van der Waals surface area contributed by atoms with Crippen LogP contribution in [-0.4, -0.2) is 80.4 Å². The van der Waals surface area contributed by atoms with Gasteiger partial charge in [0, 0.05) is 5.56 Å². The summed E-state index contributed by atoms with van der Waals surface area (Å²) in [5.74, 6) is 0.242. The van der Waals surface area contributed by atoms with Crippen LogP contribution in [0.2, 0.25) is 0 Å². The van der Waals surface area contributed by atoms with Crippen molar-refractivity contribution in [3.8, 4) is 5.75 Å². The second-order valence-corrected chi connectivity index (χ2v) is 13.5. The van der Waals surface area contributed by atoms with Gasteiger partial charge in [0.2, 0.25) is 0 Å². The fourth-order valence-electron chi connectivity index (χ4n) is 5.98. The van der Waals surface area contributed by atoms with E-state index in [2.05, 4.69) is 0 Å². The number of hydrogen-bond donors (Lipinski definition) is 1. The zero-order chi connectivity index (χ0) is 35.1. The maximum atomic E-state index is 13.5. The molecule has 3 aliphatic rings. The minimum Gasteiger partial charge on any atom is -0.497 e. The number of rotatable bonds is 12. The van der Waals surface area contributed by atoms with Crippen LogP contribution < -0.4 is 4.74 Å². The molecule has 0 amide bonds. The molecule has 3 aromatic rings. The van der Waals surface area contributed by atoms with Crippen molar-refractivity contribution in [2.75, 3.05) is 20.3 Å². The molecule has 3 heterocycles. The predicted octanol–water partition coefficient (Wildman–Crippen LogP) is 5.25. The largest absolute Gasteiger partial charge is 0.497 e. The van der Waals surface area contributed by atoms with Crippen LogP contribution in [0.1, 0.15) is 43.8 Å². The van der Waals surface area contributed by atoms with Gasteiger partial charge < -0.3 is 47.7 Å². The van der Waals surface area contributed by atoms with E-state index < -0.39 is 73.3 Å². The highest BCUT2D eigenvalue weighted by atomic mass is 16.8. The van der Waals surface area contributed by atoms with Crippen LogP contribution in [0.3, 0.4) is 0 Å². The summed E-state index contributed by atoms with van der Waals surface area (Å²) in [4.78, 5) is 13.5. The standard InChI is InChI=1S/C39H46O11/c1-39(2,3)38(41)50-35-34(45-23-26-13-9-6-10-14-26)33(44-22-25-11-7-5-8-12-25)30(21-40)48-37(35)47-29-19-20-43-31-24-46-36(49-32(29)31)27-15-17-28(42-4)18-16-27/h5-20,29-37,40H,21-24H2,1-4H3/t29-,30-,31-,32+,33-,34+,35-,36?,37-/m1/s1. The summed E-state index contributed by atoms with van der Waals surface area (Å²) in [6, 6.07) is 26.8. The molecule has 9 atom stereocenters. The van der Waals surface area contributed by atoms with Crippen LogP contribution in [0.25, 0.3) is 0 Å². The van der Waals surface area contributed by atoms with Crippen LogP contribution in [-0.2, 0) is 55.9 Å². The summed E-state index contributed by atoms with van der Waals surface area (Å²) < 4.78 is 55.9. The molecule has 1 unspecified atom stereocenters. The lowest BCUT2D eigenvalue weighted by Crippen LogP contribution is -2.63. The molecule has 0 saturated carbocycles. The van der Waals surface area contributed by atoms with E-state index in [1.165, 1.54) is 0 Å².